The van der Waals surface area contributed by atoms with Crippen LogP contribution in [0, 0.1) is 13.8 Å². The molecule has 0 fully saturated rings. The fourth-order valence-electron chi connectivity index (χ4n) is 4.45. The maximum absolute atomic E-state index is 11.7. The molecule has 0 aromatic heterocycles. The van der Waals surface area contributed by atoms with Crippen molar-refractivity contribution in [3.8, 4) is 11.5 Å². The number of carbonyl (C=O) groups excluding carboxylic acids is 2. The molecule has 0 N–H and O–H groups in total. The van der Waals surface area contributed by atoms with Gasteiger partial charge in [0.2, 0.25) is 0 Å². The average Bonchev–Trinajstić information content (AvgIpc) is 2.65. The summed E-state index contributed by atoms with van der Waals surface area (Å²) in [6, 6.07) is 8.45. The second-order valence-electron chi connectivity index (χ2n) is 10.4. The molecule has 33 heavy (non-hydrogen) atoms. The SMILES string of the molecule is CCCC(c1cc(C(C)C)c(OC(C)=O)cc1C)c1cc(C(C)(C)C)c(OC(C)=O)cc1C. The van der Waals surface area contributed by atoms with Crippen molar-refractivity contribution in [1.29, 1.82) is 0 Å². The van der Waals surface area contributed by atoms with Gasteiger partial charge in [-0.05, 0) is 71.6 Å². The van der Waals surface area contributed by atoms with Crippen molar-refractivity contribution in [2.24, 2.45) is 0 Å². The van der Waals surface area contributed by atoms with E-state index in [2.05, 4.69) is 67.5 Å². The fourth-order valence-corrected chi connectivity index (χ4v) is 4.45. The van der Waals surface area contributed by atoms with E-state index in [1.165, 1.54) is 25.0 Å². The third-order valence-corrected chi connectivity index (χ3v) is 6.03. The summed E-state index contributed by atoms with van der Waals surface area (Å²) in [5.41, 5.74) is 6.59. The standard InChI is InChI=1S/C29H40O4/c1-11-12-22(24-15-23(17(2)3)27(13-18(24)4)32-20(6)30)25-16-26(29(8,9)10)28(14-19(25)5)33-21(7)31/h13-17,22H,11-12H2,1-10H3. The summed E-state index contributed by atoms with van der Waals surface area (Å²) in [6.07, 6.45) is 2.02. The van der Waals surface area contributed by atoms with Crippen LogP contribution in [0.25, 0.3) is 0 Å². The predicted octanol–water partition coefficient (Wildman–Crippen LogP) is 7.51. The molecule has 0 saturated carbocycles. The minimum atomic E-state index is -0.309. The zero-order valence-electron chi connectivity index (χ0n) is 22.0. The average molecular weight is 453 g/mol. The highest BCUT2D eigenvalue weighted by Crippen LogP contribution is 2.42. The molecule has 2 rings (SSSR count). The topological polar surface area (TPSA) is 52.6 Å². The molecule has 0 radical (unpaired) electrons. The summed E-state index contributed by atoms with van der Waals surface area (Å²) in [6.45, 7) is 19.9. The molecule has 4 heteroatoms. The van der Waals surface area contributed by atoms with Gasteiger partial charge in [-0.2, -0.15) is 0 Å². The molecule has 0 bridgehead atoms. The molecule has 0 aliphatic heterocycles. The number of carbonyl (C=O) groups is 2. The number of hydrogen-bond donors (Lipinski definition) is 0. The van der Waals surface area contributed by atoms with Gasteiger partial charge in [-0.25, -0.2) is 0 Å². The van der Waals surface area contributed by atoms with E-state index < -0.39 is 0 Å². The summed E-state index contributed by atoms with van der Waals surface area (Å²) >= 11 is 0. The predicted molar refractivity (Wildman–Crippen MR) is 135 cm³/mol. The molecule has 0 heterocycles. The maximum atomic E-state index is 11.7. The number of hydrogen-bond acceptors (Lipinski definition) is 4. The third kappa shape index (κ3) is 6.46. The van der Waals surface area contributed by atoms with Crippen LogP contribution in [0.3, 0.4) is 0 Å². The van der Waals surface area contributed by atoms with Gasteiger partial charge in [-0.15, -0.1) is 0 Å². The molecule has 2 aromatic rings. The Bertz CT molecular complexity index is 1020. The van der Waals surface area contributed by atoms with Crippen molar-refractivity contribution in [2.45, 2.75) is 99.3 Å². The van der Waals surface area contributed by atoms with E-state index >= 15 is 0 Å². The number of benzene rings is 2. The van der Waals surface area contributed by atoms with Crippen LogP contribution >= 0.6 is 0 Å². The monoisotopic (exact) mass is 452 g/mol. The number of esters is 2. The Morgan fingerprint density at radius 2 is 1.30 bits per heavy atom. The van der Waals surface area contributed by atoms with Gasteiger partial charge in [0.05, 0.1) is 0 Å². The van der Waals surface area contributed by atoms with Crippen LogP contribution in [0.4, 0.5) is 0 Å². The minimum Gasteiger partial charge on any atom is -0.426 e. The molecule has 4 nitrogen and oxygen atoms in total. The van der Waals surface area contributed by atoms with Crippen LogP contribution in [0.1, 0.15) is 113 Å². The molecule has 0 spiro atoms. The van der Waals surface area contributed by atoms with Crippen LogP contribution in [0.15, 0.2) is 24.3 Å². The molecular weight excluding hydrogens is 412 g/mol. The summed E-state index contributed by atoms with van der Waals surface area (Å²) in [5, 5.41) is 0. The first-order chi connectivity index (χ1) is 15.3. The molecule has 0 aliphatic rings. The van der Waals surface area contributed by atoms with Crippen LogP contribution in [0.2, 0.25) is 0 Å². The third-order valence-electron chi connectivity index (χ3n) is 6.03. The lowest BCUT2D eigenvalue weighted by molar-refractivity contribution is -0.132. The lowest BCUT2D eigenvalue weighted by Gasteiger charge is -2.28. The van der Waals surface area contributed by atoms with Crippen molar-refractivity contribution < 1.29 is 19.1 Å². The smallest absolute Gasteiger partial charge is 0.308 e. The first-order valence-corrected chi connectivity index (χ1v) is 11.9. The highest BCUT2D eigenvalue weighted by molar-refractivity contribution is 5.71. The summed E-state index contributed by atoms with van der Waals surface area (Å²) in [5.74, 6) is 1.07. The zero-order valence-corrected chi connectivity index (χ0v) is 22.0. The number of rotatable bonds is 7. The van der Waals surface area contributed by atoms with Gasteiger partial charge in [0.15, 0.2) is 0 Å². The van der Waals surface area contributed by atoms with Gasteiger partial charge in [0.1, 0.15) is 11.5 Å². The highest BCUT2D eigenvalue weighted by Gasteiger charge is 2.26. The second kappa shape index (κ2) is 10.5. The Balaban J connectivity index is 2.76. The van der Waals surface area contributed by atoms with Gasteiger partial charge in [0, 0.05) is 25.3 Å². The van der Waals surface area contributed by atoms with Crippen molar-refractivity contribution in [1.82, 2.24) is 0 Å². The molecule has 1 atom stereocenters. The molecule has 0 aliphatic carbocycles. The Labute approximate surface area is 199 Å². The minimum absolute atomic E-state index is 0.179. The van der Waals surface area contributed by atoms with Crippen molar-refractivity contribution in [3.63, 3.8) is 0 Å². The van der Waals surface area contributed by atoms with Crippen LogP contribution in [0.5, 0.6) is 11.5 Å². The molecular formula is C29H40O4. The maximum Gasteiger partial charge on any atom is 0.308 e. The van der Waals surface area contributed by atoms with Crippen LogP contribution in [-0.4, -0.2) is 11.9 Å². The van der Waals surface area contributed by atoms with Gasteiger partial charge >= 0.3 is 11.9 Å². The lowest BCUT2D eigenvalue weighted by atomic mass is 9.78. The van der Waals surface area contributed by atoms with Crippen LogP contribution in [-0.2, 0) is 15.0 Å². The Kier molecular flexibility index (Phi) is 8.51. The van der Waals surface area contributed by atoms with Gasteiger partial charge in [-0.3, -0.25) is 9.59 Å². The lowest BCUT2D eigenvalue weighted by Crippen LogP contribution is -2.17. The Morgan fingerprint density at radius 1 is 0.818 bits per heavy atom. The van der Waals surface area contributed by atoms with Gasteiger partial charge < -0.3 is 9.47 Å². The van der Waals surface area contributed by atoms with Crippen molar-refractivity contribution in [2.75, 3.05) is 0 Å². The van der Waals surface area contributed by atoms with E-state index in [4.69, 9.17) is 9.47 Å². The van der Waals surface area contributed by atoms with Gasteiger partial charge in [0.25, 0.3) is 0 Å². The quantitative estimate of drug-likeness (QED) is 0.322. The highest BCUT2D eigenvalue weighted by atomic mass is 16.5. The summed E-state index contributed by atoms with van der Waals surface area (Å²) < 4.78 is 11.1. The molecule has 1 unspecified atom stereocenters. The van der Waals surface area contributed by atoms with E-state index in [1.807, 2.05) is 12.1 Å². The van der Waals surface area contributed by atoms with Crippen molar-refractivity contribution >= 4 is 11.9 Å². The van der Waals surface area contributed by atoms with E-state index in [9.17, 15) is 9.59 Å². The van der Waals surface area contributed by atoms with Crippen LogP contribution < -0.4 is 9.47 Å². The van der Waals surface area contributed by atoms with E-state index in [0.29, 0.717) is 11.5 Å². The normalized spacial score (nSPS) is 12.6. The number of aryl methyl sites for hydroxylation is 2. The van der Waals surface area contributed by atoms with E-state index in [0.717, 1.165) is 35.1 Å². The fraction of sp³-hybridized carbons (Fsp3) is 0.517. The molecule has 0 saturated heterocycles. The van der Waals surface area contributed by atoms with E-state index in [-0.39, 0.29) is 29.2 Å². The molecule has 2 aromatic carbocycles. The summed E-state index contributed by atoms with van der Waals surface area (Å²) in [4.78, 5) is 23.4. The Hall–Kier alpha value is -2.62. The second-order valence-corrected chi connectivity index (χ2v) is 10.4. The van der Waals surface area contributed by atoms with Crippen molar-refractivity contribution in [3.05, 3.63) is 57.6 Å². The Morgan fingerprint density at radius 3 is 1.76 bits per heavy atom. The largest absolute Gasteiger partial charge is 0.426 e. The first kappa shape index (κ1) is 26.6. The molecule has 180 valence electrons. The van der Waals surface area contributed by atoms with Gasteiger partial charge in [-0.1, -0.05) is 60.1 Å². The summed E-state index contributed by atoms with van der Waals surface area (Å²) in [7, 11) is 0. The number of ether oxygens (including phenoxy) is 2. The van der Waals surface area contributed by atoms with E-state index in [1.54, 1.807) is 0 Å². The zero-order chi connectivity index (χ0) is 25.1. The first-order valence-electron chi connectivity index (χ1n) is 11.9. The molecule has 0 amide bonds.